The van der Waals surface area contributed by atoms with Crippen LogP contribution in [0.25, 0.3) is 0 Å². The highest BCUT2D eigenvalue weighted by molar-refractivity contribution is 8.05. The number of benzene rings is 5. The summed E-state index contributed by atoms with van der Waals surface area (Å²) in [5.41, 5.74) is 3.28. The second kappa shape index (κ2) is 21.9. The van der Waals surface area contributed by atoms with Crippen LogP contribution in [0, 0.1) is 6.92 Å². The summed E-state index contributed by atoms with van der Waals surface area (Å²) >= 11 is 19.0. The number of rotatable bonds is 7. The summed E-state index contributed by atoms with van der Waals surface area (Å²) in [4.78, 5) is 1.06. The van der Waals surface area contributed by atoms with Gasteiger partial charge in [-0.1, -0.05) is 138 Å². The Bertz CT molecular complexity index is 1400. The Morgan fingerprint density at radius 2 is 1.09 bits per heavy atom. The predicted octanol–water partition coefficient (Wildman–Crippen LogP) is 10.5. The summed E-state index contributed by atoms with van der Waals surface area (Å²) in [6.45, 7) is 3.80. The van der Waals surface area contributed by atoms with Gasteiger partial charge in [-0.15, -0.1) is 11.6 Å². The predicted molar refractivity (Wildman–Crippen MR) is 200 cm³/mol. The van der Waals surface area contributed by atoms with Gasteiger partial charge in [0.25, 0.3) is 0 Å². The molecule has 5 rings (SSSR count). The molecule has 44 heavy (non-hydrogen) atoms. The van der Waals surface area contributed by atoms with E-state index in [9.17, 15) is 0 Å². The third-order valence-corrected chi connectivity index (χ3v) is 10.8. The lowest BCUT2D eigenvalue weighted by molar-refractivity contribution is 0.199. The van der Waals surface area contributed by atoms with Crippen LogP contribution in [0.3, 0.4) is 0 Å². The van der Waals surface area contributed by atoms with Crippen LogP contribution in [0.15, 0.2) is 160 Å². The van der Waals surface area contributed by atoms with Crippen molar-refractivity contribution in [1.29, 1.82) is 0 Å². The topological polar surface area (TPSA) is 32.3 Å². The zero-order chi connectivity index (χ0) is 32.2. The summed E-state index contributed by atoms with van der Waals surface area (Å²) in [5, 5.41) is 15.8. The molecule has 0 aliphatic carbocycles. The van der Waals surface area contributed by atoms with Crippen molar-refractivity contribution in [3.8, 4) is 0 Å². The molecule has 0 aliphatic heterocycles. The minimum absolute atomic E-state index is 0.347. The zero-order valence-corrected chi connectivity index (χ0v) is 29.5. The summed E-state index contributed by atoms with van der Waals surface area (Å²) in [7, 11) is 0.716. The van der Waals surface area contributed by atoms with Crippen LogP contribution in [0.2, 0.25) is 5.02 Å². The third-order valence-electron chi connectivity index (χ3n) is 6.07. The van der Waals surface area contributed by atoms with Crippen molar-refractivity contribution in [2.75, 3.05) is 13.4 Å². The minimum atomic E-state index is -1.23. The van der Waals surface area contributed by atoms with Gasteiger partial charge in [-0.3, -0.25) is 0 Å². The second-order valence-corrected chi connectivity index (χ2v) is 13.8. The minimum Gasteiger partial charge on any atom is -0.389 e. The van der Waals surface area contributed by atoms with E-state index in [1.165, 1.54) is 22.6 Å². The Morgan fingerprint density at radius 3 is 1.48 bits per heavy atom. The van der Waals surface area contributed by atoms with Crippen molar-refractivity contribution in [3.63, 3.8) is 0 Å². The van der Waals surface area contributed by atoms with Gasteiger partial charge >= 0.3 is 0 Å². The first-order valence-corrected chi connectivity index (χ1v) is 17.8. The monoisotopic (exact) mass is 682 g/mol. The largest absolute Gasteiger partial charge is 0.389 e. The van der Waals surface area contributed by atoms with E-state index < -0.39 is 7.92 Å². The molecule has 2 nitrogen and oxygen atoms in total. The van der Waals surface area contributed by atoms with Gasteiger partial charge < -0.3 is 10.4 Å². The number of aryl methyl sites for hydroxylation is 1. The van der Waals surface area contributed by atoms with Gasteiger partial charge in [0, 0.05) is 23.3 Å². The van der Waals surface area contributed by atoms with E-state index in [-0.39, 0.29) is 6.10 Å². The molecule has 0 aliphatic rings. The molecule has 2 N–H and O–H groups in total. The standard InChI is InChI=1S/C21H18Cl2NPS.C9H12O.C6H6.CH3Cl/c1-24-21(20(23)26-19-14-12-16(22)13-15-19)25(17-8-4-2-5-9-17)18-10-6-3-7-11-18;1-7-3-5-9(6-4-7)8(2)10;1-2-4-6-5-3-1;1-2/h2-15,24H,1H3;3-6,8,10H,1-2H3;1-6H;1H3/p+1/b21-20+;;;. The van der Waals surface area contributed by atoms with E-state index >= 15 is 0 Å². The molecule has 7 heteroatoms. The molecule has 0 radical (unpaired) electrons. The zero-order valence-electron chi connectivity index (χ0n) is 25.4. The molecular weight excluding hydrogens is 644 g/mol. The van der Waals surface area contributed by atoms with Crippen molar-refractivity contribution in [1.82, 2.24) is 5.32 Å². The fraction of sp³-hybridized carbons (Fsp3) is 0.135. The molecule has 230 valence electrons. The van der Waals surface area contributed by atoms with Gasteiger partial charge in [0.2, 0.25) is 0 Å². The molecule has 0 amide bonds. The number of aliphatic hydroxyl groups excluding tert-OH is 1. The molecule has 1 atom stereocenters. The van der Waals surface area contributed by atoms with E-state index in [2.05, 4.69) is 65.4 Å². The molecule has 1 unspecified atom stereocenters. The molecule has 0 aromatic heterocycles. The molecule has 0 saturated heterocycles. The maximum absolute atomic E-state index is 9.11. The van der Waals surface area contributed by atoms with Gasteiger partial charge in [-0.25, -0.2) is 0 Å². The molecule has 0 bridgehead atoms. The van der Waals surface area contributed by atoms with E-state index in [1.807, 2.05) is 111 Å². The SMILES string of the molecule is CCl.CN/C(=C(/Cl)Sc1ccc(Cl)cc1)[PH+](c1ccccc1)c1ccccc1.Cc1ccc(C(C)O)cc1.c1ccccc1. The van der Waals surface area contributed by atoms with Gasteiger partial charge in [0.05, 0.1) is 6.10 Å². The van der Waals surface area contributed by atoms with E-state index in [1.54, 1.807) is 18.7 Å². The first kappa shape index (κ1) is 37.4. The molecule has 0 heterocycles. The Balaban J connectivity index is 0.000000305. The van der Waals surface area contributed by atoms with Crippen LogP contribution >= 0.6 is 54.5 Å². The number of halogens is 3. The van der Waals surface area contributed by atoms with Gasteiger partial charge in [-0.05, 0) is 67.9 Å². The van der Waals surface area contributed by atoms with Crippen LogP contribution in [0.1, 0.15) is 24.2 Å². The molecule has 0 spiro atoms. The summed E-state index contributed by atoms with van der Waals surface area (Å²) in [6.07, 6.45) is 1.13. The molecule has 5 aromatic carbocycles. The average Bonchev–Trinajstić information content (AvgIpc) is 3.08. The first-order chi connectivity index (χ1) is 21.4. The van der Waals surface area contributed by atoms with Crippen molar-refractivity contribution in [2.24, 2.45) is 0 Å². The average molecular weight is 684 g/mol. The molecule has 0 fully saturated rings. The van der Waals surface area contributed by atoms with E-state index in [4.69, 9.17) is 28.3 Å². The molecule has 0 saturated carbocycles. The van der Waals surface area contributed by atoms with Crippen molar-refractivity contribution < 1.29 is 5.11 Å². The lowest BCUT2D eigenvalue weighted by Crippen LogP contribution is -2.19. The number of hydrogen-bond donors (Lipinski definition) is 2. The fourth-order valence-corrected chi connectivity index (χ4v) is 8.20. The normalized spacial score (nSPS) is 11.3. The van der Waals surface area contributed by atoms with Crippen LogP contribution in [0.5, 0.6) is 0 Å². The number of alkyl halides is 1. The van der Waals surface area contributed by atoms with E-state index in [0.717, 1.165) is 25.3 Å². The maximum Gasteiger partial charge on any atom is 0.190 e. The number of aliphatic hydroxyl groups is 1. The van der Waals surface area contributed by atoms with Crippen molar-refractivity contribution >= 4 is 65.1 Å². The second-order valence-electron chi connectivity index (χ2n) is 9.30. The highest BCUT2D eigenvalue weighted by Crippen LogP contribution is 2.47. The van der Waals surface area contributed by atoms with E-state index in [0.29, 0.717) is 0 Å². The summed E-state index contributed by atoms with van der Waals surface area (Å²) in [6, 6.07) is 48.7. The summed E-state index contributed by atoms with van der Waals surface area (Å²) in [5.74, 6) is 0. The highest BCUT2D eigenvalue weighted by atomic mass is 35.5. The first-order valence-electron chi connectivity index (χ1n) is 14.0. The van der Waals surface area contributed by atoms with Gasteiger partial charge in [0.15, 0.2) is 5.44 Å². The smallest absolute Gasteiger partial charge is 0.190 e. The molecule has 5 aromatic rings. The molecular formula is C37H40Cl3NOPS+. The highest BCUT2D eigenvalue weighted by Gasteiger charge is 2.30. The Kier molecular flexibility index (Phi) is 18.6. The van der Waals surface area contributed by atoms with Crippen molar-refractivity contribution in [2.45, 2.75) is 24.8 Å². The fourth-order valence-electron chi connectivity index (χ4n) is 3.87. The lowest BCUT2D eigenvalue weighted by Gasteiger charge is -2.15. The maximum atomic E-state index is 9.11. The van der Waals surface area contributed by atoms with Crippen LogP contribution < -0.4 is 15.9 Å². The van der Waals surface area contributed by atoms with Crippen LogP contribution in [-0.2, 0) is 0 Å². The Labute approximate surface area is 283 Å². The number of nitrogens with one attached hydrogen (secondary N) is 1. The quantitative estimate of drug-likeness (QED) is 0.102. The Morgan fingerprint density at radius 1 is 0.682 bits per heavy atom. The van der Waals surface area contributed by atoms with Gasteiger partial charge in [0.1, 0.15) is 22.9 Å². The Hall–Kier alpha value is -2.75. The van der Waals surface area contributed by atoms with Crippen molar-refractivity contribution in [3.05, 3.63) is 172 Å². The number of thioether (sulfide) groups is 1. The van der Waals surface area contributed by atoms with Crippen LogP contribution in [-0.4, -0.2) is 18.5 Å². The lowest BCUT2D eigenvalue weighted by atomic mass is 10.1. The third kappa shape index (κ3) is 13.5. The van der Waals surface area contributed by atoms with Gasteiger partial charge in [-0.2, -0.15) is 0 Å². The number of hydrogen-bond acceptors (Lipinski definition) is 3. The van der Waals surface area contributed by atoms with Crippen LogP contribution in [0.4, 0.5) is 0 Å². The summed E-state index contributed by atoms with van der Waals surface area (Å²) < 4.78 is 0.761.